The number of morpholine rings is 1. The van der Waals surface area contributed by atoms with E-state index in [0.717, 1.165) is 16.6 Å². The van der Waals surface area contributed by atoms with E-state index in [9.17, 15) is 9.59 Å². The number of hydrogen-bond acceptors (Lipinski definition) is 4. The lowest BCUT2D eigenvalue weighted by atomic mass is 10.2. The van der Waals surface area contributed by atoms with E-state index in [0.29, 0.717) is 39.4 Å². The van der Waals surface area contributed by atoms with Crippen molar-refractivity contribution in [2.75, 3.05) is 38.2 Å². The Bertz CT molecular complexity index is 782. The summed E-state index contributed by atoms with van der Waals surface area (Å²) in [6.07, 6.45) is 1.91. The first kappa shape index (κ1) is 21.2. The summed E-state index contributed by atoms with van der Waals surface area (Å²) in [6.45, 7) is 7.41. The van der Waals surface area contributed by atoms with E-state index in [1.165, 1.54) is 0 Å². The van der Waals surface area contributed by atoms with Crippen molar-refractivity contribution in [1.29, 1.82) is 0 Å². The second-order valence-corrected chi connectivity index (χ2v) is 6.35. The molecule has 27 heavy (non-hydrogen) atoms. The molecule has 1 saturated heterocycles. The maximum absolute atomic E-state index is 12.3. The Balaban J connectivity index is 0.00000261. The van der Waals surface area contributed by atoms with Crippen LogP contribution in [0.3, 0.4) is 0 Å². The van der Waals surface area contributed by atoms with Crippen LogP contribution < -0.4 is 10.6 Å². The molecule has 7 nitrogen and oxygen atoms in total. The van der Waals surface area contributed by atoms with Gasteiger partial charge in [-0.1, -0.05) is 0 Å². The summed E-state index contributed by atoms with van der Waals surface area (Å²) in [5.41, 5.74) is 1.71. The van der Waals surface area contributed by atoms with E-state index in [2.05, 4.69) is 10.6 Å². The molecule has 1 aromatic heterocycles. The van der Waals surface area contributed by atoms with Gasteiger partial charge in [0.1, 0.15) is 12.6 Å². The number of nitrogens with one attached hydrogen (secondary N) is 2. The number of aromatic nitrogens is 1. The molecule has 0 aliphatic carbocycles. The maximum Gasteiger partial charge on any atom is 0.243 e. The number of carbonyl (C=O) groups is 2. The zero-order chi connectivity index (χ0) is 18.5. The molecule has 3 rings (SSSR count). The van der Waals surface area contributed by atoms with Crippen molar-refractivity contribution in [2.24, 2.45) is 0 Å². The number of rotatable bonds is 6. The van der Waals surface area contributed by atoms with Crippen LogP contribution in [-0.4, -0.2) is 60.2 Å². The minimum absolute atomic E-state index is 0. The van der Waals surface area contributed by atoms with Crippen molar-refractivity contribution in [1.82, 2.24) is 14.8 Å². The Kier molecular flexibility index (Phi) is 7.65. The van der Waals surface area contributed by atoms with Gasteiger partial charge in [0.2, 0.25) is 11.8 Å². The van der Waals surface area contributed by atoms with Crippen molar-refractivity contribution in [3.8, 4) is 0 Å². The number of fused-ring (bicyclic) bond motifs is 1. The highest BCUT2D eigenvalue weighted by Crippen LogP contribution is 2.21. The molecular formula is C19H27ClN4O3. The molecule has 1 aliphatic heterocycles. The van der Waals surface area contributed by atoms with E-state index >= 15 is 0 Å². The van der Waals surface area contributed by atoms with Gasteiger partial charge in [0.25, 0.3) is 0 Å². The van der Waals surface area contributed by atoms with Gasteiger partial charge in [0, 0.05) is 42.4 Å². The van der Waals surface area contributed by atoms with Gasteiger partial charge in [-0.25, -0.2) is 0 Å². The minimum Gasteiger partial charge on any atom is -0.378 e. The van der Waals surface area contributed by atoms with Crippen molar-refractivity contribution in [3.63, 3.8) is 0 Å². The second-order valence-electron chi connectivity index (χ2n) is 6.35. The van der Waals surface area contributed by atoms with E-state index in [-0.39, 0.29) is 30.3 Å². The van der Waals surface area contributed by atoms with Crippen LogP contribution in [0, 0.1) is 0 Å². The van der Waals surface area contributed by atoms with Crippen LogP contribution in [0.5, 0.6) is 0 Å². The van der Waals surface area contributed by atoms with E-state index in [1.807, 2.05) is 53.8 Å². The van der Waals surface area contributed by atoms with Gasteiger partial charge in [-0.05, 0) is 38.1 Å². The number of carbonyl (C=O) groups excluding carboxylic acids is 2. The van der Waals surface area contributed by atoms with E-state index in [4.69, 9.17) is 4.74 Å². The average molecular weight is 395 g/mol. The number of ether oxygens (including phenoxy) is 1. The molecule has 1 atom stereocenters. The number of benzene rings is 1. The molecule has 1 unspecified atom stereocenters. The first-order chi connectivity index (χ1) is 12.6. The largest absolute Gasteiger partial charge is 0.378 e. The lowest BCUT2D eigenvalue weighted by molar-refractivity contribution is -0.131. The van der Waals surface area contributed by atoms with Crippen LogP contribution >= 0.6 is 12.4 Å². The van der Waals surface area contributed by atoms with Crippen LogP contribution in [0.1, 0.15) is 13.8 Å². The molecule has 1 fully saturated rings. The van der Waals surface area contributed by atoms with Crippen LogP contribution in [0.2, 0.25) is 0 Å². The SMILES string of the molecule is CCN(CC)C(=O)Cn1ccc2cc(NC(=O)C3COCCN3)ccc21.Cl. The molecule has 0 bridgehead atoms. The number of nitrogens with zero attached hydrogens (tertiary/aromatic N) is 2. The molecule has 0 radical (unpaired) electrons. The van der Waals surface area contributed by atoms with Crippen LogP contribution in [-0.2, 0) is 20.9 Å². The zero-order valence-electron chi connectivity index (χ0n) is 15.7. The third-order valence-electron chi connectivity index (χ3n) is 4.70. The van der Waals surface area contributed by atoms with Gasteiger partial charge in [-0.15, -0.1) is 12.4 Å². The van der Waals surface area contributed by atoms with Crippen LogP contribution in [0.15, 0.2) is 30.5 Å². The minimum atomic E-state index is -0.323. The Morgan fingerprint density at radius 2 is 2.07 bits per heavy atom. The van der Waals surface area contributed by atoms with E-state index < -0.39 is 0 Å². The molecule has 2 N–H and O–H groups in total. The monoisotopic (exact) mass is 394 g/mol. The summed E-state index contributed by atoms with van der Waals surface area (Å²) in [4.78, 5) is 26.4. The number of likely N-dealkylation sites (N-methyl/N-ethyl adjacent to an activating group) is 1. The topological polar surface area (TPSA) is 75.6 Å². The summed E-state index contributed by atoms with van der Waals surface area (Å²) in [6, 6.07) is 7.36. The van der Waals surface area contributed by atoms with Gasteiger partial charge < -0.3 is 24.8 Å². The fourth-order valence-corrected chi connectivity index (χ4v) is 3.20. The van der Waals surface area contributed by atoms with Gasteiger partial charge in [0.15, 0.2) is 0 Å². The average Bonchev–Trinajstić information content (AvgIpc) is 3.05. The Hall–Kier alpha value is -2.09. The van der Waals surface area contributed by atoms with Crippen LogP contribution in [0.25, 0.3) is 10.9 Å². The molecule has 2 heterocycles. The summed E-state index contributed by atoms with van der Waals surface area (Å²) < 4.78 is 7.27. The van der Waals surface area contributed by atoms with Crippen molar-refractivity contribution in [2.45, 2.75) is 26.4 Å². The number of amides is 2. The fraction of sp³-hybridized carbons (Fsp3) is 0.474. The van der Waals surface area contributed by atoms with E-state index in [1.54, 1.807) is 0 Å². The number of hydrogen-bond donors (Lipinski definition) is 2. The summed E-state index contributed by atoms with van der Waals surface area (Å²) in [7, 11) is 0. The van der Waals surface area contributed by atoms with Gasteiger partial charge in [-0.3, -0.25) is 9.59 Å². The Labute approximate surface area is 165 Å². The predicted octanol–water partition coefficient (Wildman–Crippen LogP) is 1.86. The predicted molar refractivity (Wildman–Crippen MR) is 108 cm³/mol. The molecule has 2 amide bonds. The highest BCUT2D eigenvalue weighted by molar-refractivity contribution is 5.97. The highest BCUT2D eigenvalue weighted by atomic mass is 35.5. The van der Waals surface area contributed by atoms with Gasteiger partial charge >= 0.3 is 0 Å². The van der Waals surface area contributed by atoms with Gasteiger partial charge in [0.05, 0.1) is 13.2 Å². The lowest BCUT2D eigenvalue weighted by Gasteiger charge is -2.22. The summed E-state index contributed by atoms with van der Waals surface area (Å²) >= 11 is 0. The third kappa shape index (κ3) is 5.00. The van der Waals surface area contributed by atoms with Crippen molar-refractivity contribution >= 4 is 40.8 Å². The summed E-state index contributed by atoms with van der Waals surface area (Å²) in [5, 5.41) is 7.05. The molecule has 0 saturated carbocycles. The molecule has 2 aromatic rings. The number of halogens is 1. The maximum atomic E-state index is 12.3. The fourth-order valence-electron chi connectivity index (χ4n) is 3.20. The molecule has 148 valence electrons. The quantitative estimate of drug-likeness (QED) is 0.784. The highest BCUT2D eigenvalue weighted by Gasteiger charge is 2.21. The first-order valence-electron chi connectivity index (χ1n) is 9.11. The second kappa shape index (κ2) is 9.73. The zero-order valence-corrected chi connectivity index (χ0v) is 16.6. The van der Waals surface area contributed by atoms with Gasteiger partial charge in [-0.2, -0.15) is 0 Å². The molecule has 1 aromatic carbocycles. The van der Waals surface area contributed by atoms with Crippen molar-refractivity contribution < 1.29 is 14.3 Å². The Morgan fingerprint density at radius 3 is 2.74 bits per heavy atom. The lowest BCUT2D eigenvalue weighted by Crippen LogP contribution is -2.48. The first-order valence-corrected chi connectivity index (χ1v) is 9.11. The van der Waals surface area contributed by atoms with Crippen LogP contribution in [0.4, 0.5) is 5.69 Å². The normalized spacial score (nSPS) is 16.6. The molecule has 1 aliphatic rings. The Morgan fingerprint density at radius 1 is 1.30 bits per heavy atom. The standard InChI is InChI=1S/C19H26N4O3.ClH/c1-3-22(4-2)18(24)12-23-9-7-14-11-15(5-6-17(14)23)21-19(25)16-13-26-10-8-20-16;/h5-7,9,11,16,20H,3-4,8,10,12-13H2,1-2H3,(H,21,25);1H. The molecule has 8 heteroatoms. The smallest absolute Gasteiger partial charge is 0.243 e. The molecule has 0 spiro atoms. The van der Waals surface area contributed by atoms with Crippen molar-refractivity contribution in [3.05, 3.63) is 30.5 Å². The third-order valence-corrected chi connectivity index (χ3v) is 4.70. The molecular weight excluding hydrogens is 368 g/mol. The summed E-state index contributed by atoms with van der Waals surface area (Å²) in [5.74, 6) is 0.00782. The number of anilines is 1.